The fraction of sp³-hybridized carbons (Fsp3) is 0.227. The summed E-state index contributed by atoms with van der Waals surface area (Å²) in [5.41, 5.74) is 5.66. The molecule has 0 N–H and O–H groups in total. The van der Waals surface area contributed by atoms with Gasteiger partial charge in [0.15, 0.2) is 0 Å². The lowest BCUT2D eigenvalue weighted by atomic mass is 10.1. The number of para-hydroxylation sites is 1. The van der Waals surface area contributed by atoms with Gasteiger partial charge in [0.25, 0.3) is 0 Å². The third-order valence-electron chi connectivity index (χ3n) is 5.48. The third-order valence-corrected chi connectivity index (χ3v) is 6.07. The minimum atomic E-state index is 0.679. The largest absolute Gasteiger partial charge is 0.367 e. The highest BCUT2D eigenvalue weighted by molar-refractivity contribution is 6.35. The van der Waals surface area contributed by atoms with Crippen molar-refractivity contribution in [3.63, 3.8) is 0 Å². The predicted octanol–water partition coefficient (Wildman–Crippen LogP) is 5.12. The number of hydrogen-bond donors (Lipinski definition) is 0. The molecule has 0 amide bonds. The van der Waals surface area contributed by atoms with Crippen LogP contribution in [0.3, 0.4) is 0 Å². The molecule has 0 radical (unpaired) electrons. The molecule has 142 valence electrons. The maximum atomic E-state index is 6.34. The van der Waals surface area contributed by atoms with Gasteiger partial charge in [-0.3, -0.25) is 9.88 Å². The summed E-state index contributed by atoms with van der Waals surface area (Å²) in [6, 6.07) is 16.3. The molecule has 0 spiro atoms. The molecule has 2 aromatic carbocycles. The zero-order valence-electron chi connectivity index (χ0n) is 15.4. The van der Waals surface area contributed by atoms with E-state index in [-0.39, 0.29) is 0 Å². The van der Waals surface area contributed by atoms with Gasteiger partial charge in [-0.15, -0.1) is 0 Å². The fourth-order valence-corrected chi connectivity index (χ4v) is 4.46. The van der Waals surface area contributed by atoms with Crippen molar-refractivity contribution in [2.24, 2.45) is 0 Å². The molecule has 3 heterocycles. The fourth-order valence-electron chi connectivity index (χ4n) is 3.99. The van der Waals surface area contributed by atoms with Crippen LogP contribution in [0.5, 0.6) is 0 Å². The maximum absolute atomic E-state index is 6.34. The van der Waals surface area contributed by atoms with E-state index in [1.54, 1.807) is 0 Å². The molecule has 0 saturated carbocycles. The standard InChI is InChI=1S/C22H20Cl2N4/c23-17-7-6-16(19(24)13-17)15-26-9-11-27(12-10-26)20-4-1-5-21-22(20)25-14-18-3-2-8-28(18)21/h1-8,13-14H,9-12,15H2. The Bertz CT molecular complexity index is 1150. The zero-order valence-corrected chi connectivity index (χ0v) is 16.9. The number of rotatable bonds is 3. The average molecular weight is 411 g/mol. The summed E-state index contributed by atoms with van der Waals surface area (Å²) in [6.45, 7) is 4.76. The lowest BCUT2D eigenvalue weighted by Gasteiger charge is -2.36. The maximum Gasteiger partial charge on any atom is 0.110 e. The molecular formula is C22H20Cl2N4. The lowest BCUT2D eigenvalue weighted by Crippen LogP contribution is -2.46. The highest BCUT2D eigenvalue weighted by Crippen LogP contribution is 2.28. The second kappa shape index (κ2) is 7.28. The molecule has 5 rings (SSSR count). The Kier molecular flexibility index (Phi) is 4.63. The van der Waals surface area contributed by atoms with E-state index in [2.05, 4.69) is 50.7 Å². The Labute approximate surface area is 173 Å². The zero-order chi connectivity index (χ0) is 19.1. The van der Waals surface area contributed by atoms with Gasteiger partial charge in [-0.05, 0) is 42.0 Å². The number of hydrogen-bond acceptors (Lipinski definition) is 3. The Morgan fingerprint density at radius 1 is 0.929 bits per heavy atom. The van der Waals surface area contributed by atoms with E-state index in [1.165, 1.54) is 5.69 Å². The minimum absolute atomic E-state index is 0.679. The molecule has 0 atom stereocenters. The SMILES string of the molecule is Clc1ccc(CN2CCN(c3cccc4c3ncc3cccn34)CC2)c(Cl)c1. The molecular weight excluding hydrogens is 391 g/mol. The van der Waals surface area contributed by atoms with Gasteiger partial charge in [0.2, 0.25) is 0 Å². The van der Waals surface area contributed by atoms with Crippen molar-refractivity contribution >= 4 is 45.4 Å². The van der Waals surface area contributed by atoms with Crippen molar-refractivity contribution in [1.29, 1.82) is 0 Å². The van der Waals surface area contributed by atoms with Gasteiger partial charge in [-0.25, -0.2) is 0 Å². The molecule has 1 aliphatic heterocycles. The minimum Gasteiger partial charge on any atom is -0.367 e. The number of aromatic nitrogens is 2. The van der Waals surface area contributed by atoms with Crippen LogP contribution in [0.2, 0.25) is 10.0 Å². The van der Waals surface area contributed by atoms with Crippen molar-refractivity contribution in [2.45, 2.75) is 6.54 Å². The van der Waals surface area contributed by atoms with Crippen molar-refractivity contribution in [3.05, 3.63) is 76.5 Å². The van der Waals surface area contributed by atoms with Crippen LogP contribution in [0.15, 0.2) is 60.9 Å². The van der Waals surface area contributed by atoms with Crippen LogP contribution in [0, 0.1) is 0 Å². The van der Waals surface area contributed by atoms with Gasteiger partial charge in [-0.2, -0.15) is 0 Å². The smallest absolute Gasteiger partial charge is 0.110 e. The van der Waals surface area contributed by atoms with Crippen molar-refractivity contribution in [2.75, 3.05) is 31.1 Å². The van der Waals surface area contributed by atoms with E-state index in [0.29, 0.717) is 5.02 Å². The molecule has 0 aliphatic carbocycles. The number of halogens is 2. The van der Waals surface area contributed by atoms with Crippen LogP contribution in [0.1, 0.15) is 5.56 Å². The van der Waals surface area contributed by atoms with Crippen LogP contribution in [0.25, 0.3) is 16.6 Å². The molecule has 0 bridgehead atoms. The molecule has 28 heavy (non-hydrogen) atoms. The Hall–Kier alpha value is -2.27. The van der Waals surface area contributed by atoms with Crippen LogP contribution in [-0.4, -0.2) is 40.5 Å². The average Bonchev–Trinajstić information content (AvgIpc) is 3.20. The first-order chi connectivity index (χ1) is 13.7. The van der Waals surface area contributed by atoms with Crippen molar-refractivity contribution in [3.8, 4) is 0 Å². The van der Waals surface area contributed by atoms with Gasteiger partial charge >= 0.3 is 0 Å². The molecule has 1 fully saturated rings. The predicted molar refractivity (Wildman–Crippen MR) is 117 cm³/mol. The topological polar surface area (TPSA) is 23.8 Å². The molecule has 2 aromatic heterocycles. The van der Waals surface area contributed by atoms with Crippen LogP contribution >= 0.6 is 23.2 Å². The highest BCUT2D eigenvalue weighted by atomic mass is 35.5. The number of nitrogens with zero attached hydrogens (tertiary/aromatic N) is 4. The molecule has 0 unspecified atom stereocenters. The second-order valence-electron chi connectivity index (χ2n) is 7.21. The van der Waals surface area contributed by atoms with Crippen molar-refractivity contribution < 1.29 is 0 Å². The molecule has 1 aliphatic rings. The summed E-state index contributed by atoms with van der Waals surface area (Å²) >= 11 is 12.4. The quantitative estimate of drug-likeness (QED) is 0.468. The van der Waals surface area contributed by atoms with Gasteiger partial charge in [0.05, 0.1) is 22.9 Å². The van der Waals surface area contributed by atoms with E-state index in [1.807, 2.05) is 24.4 Å². The highest BCUT2D eigenvalue weighted by Gasteiger charge is 2.20. The first kappa shape index (κ1) is 17.8. The number of anilines is 1. The summed E-state index contributed by atoms with van der Waals surface area (Å²) in [6.07, 6.45) is 4.04. The van der Waals surface area contributed by atoms with Crippen molar-refractivity contribution in [1.82, 2.24) is 14.3 Å². The first-order valence-corrected chi connectivity index (χ1v) is 10.2. The van der Waals surface area contributed by atoms with Gasteiger partial charge in [0.1, 0.15) is 5.52 Å². The molecule has 4 nitrogen and oxygen atoms in total. The number of benzene rings is 2. The normalized spacial score (nSPS) is 15.6. The van der Waals surface area contributed by atoms with Gasteiger partial charge < -0.3 is 9.30 Å². The van der Waals surface area contributed by atoms with Gasteiger partial charge in [0, 0.05) is 49.0 Å². The van der Waals surface area contributed by atoms with Crippen LogP contribution in [-0.2, 0) is 6.54 Å². The van der Waals surface area contributed by atoms with E-state index >= 15 is 0 Å². The Morgan fingerprint density at radius 2 is 1.79 bits per heavy atom. The number of fused-ring (bicyclic) bond motifs is 3. The Morgan fingerprint density at radius 3 is 2.61 bits per heavy atom. The Balaban J connectivity index is 1.35. The van der Waals surface area contributed by atoms with Crippen LogP contribution < -0.4 is 4.90 Å². The van der Waals surface area contributed by atoms with E-state index in [0.717, 1.165) is 59.9 Å². The summed E-state index contributed by atoms with van der Waals surface area (Å²) < 4.78 is 2.20. The van der Waals surface area contributed by atoms with Crippen LogP contribution in [0.4, 0.5) is 5.69 Å². The van der Waals surface area contributed by atoms with E-state index < -0.39 is 0 Å². The summed E-state index contributed by atoms with van der Waals surface area (Å²) in [4.78, 5) is 9.63. The number of piperazine rings is 1. The van der Waals surface area contributed by atoms with E-state index in [9.17, 15) is 0 Å². The monoisotopic (exact) mass is 410 g/mol. The second-order valence-corrected chi connectivity index (χ2v) is 8.05. The summed E-state index contributed by atoms with van der Waals surface area (Å²) in [7, 11) is 0. The summed E-state index contributed by atoms with van der Waals surface area (Å²) in [5, 5.41) is 1.42. The first-order valence-electron chi connectivity index (χ1n) is 9.45. The molecule has 1 saturated heterocycles. The van der Waals surface area contributed by atoms with E-state index in [4.69, 9.17) is 28.2 Å². The molecule has 4 aromatic rings. The third kappa shape index (κ3) is 3.22. The lowest BCUT2D eigenvalue weighted by molar-refractivity contribution is 0.250. The van der Waals surface area contributed by atoms with Gasteiger partial charge in [-0.1, -0.05) is 35.3 Å². The molecule has 6 heteroatoms. The summed E-state index contributed by atoms with van der Waals surface area (Å²) in [5.74, 6) is 0.